The molecular weight excluding hydrogens is 213 g/mol. The maximum Gasteiger partial charge on any atom is 0.320 e. The van der Waals surface area contributed by atoms with Crippen LogP contribution in [0.15, 0.2) is 18.2 Å². The Bertz CT molecular complexity index is 431. The van der Waals surface area contributed by atoms with Crippen molar-refractivity contribution < 1.29 is 18.7 Å². The smallest absolute Gasteiger partial charge is 0.320 e. The van der Waals surface area contributed by atoms with Crippen molar-refractivity contribution >= 4 is 17.4 Å². The van der Waals surface area contributed by atoms with Gasteiger partial charge in [-0.05, 0) is 19.1 Å². The molecule has 0 amide bonds. The molecule has 1 unspecified atom stereocenters. The first kappa shape index (κ1) is 12.2. The molecule has 0 aliphatic rings. The average Bonchev–Trinajstić information content (AvgIpc) is 2.21. The van der Waals surface area contributed by atoms with Gasteiger partial charge in [-0.15, -0.1) is 0 Å². The summed E-state index contributed by atoms with van der Waals surface area (Å²) in [6.45, 7) is 1.21. The Morgan fingerprint density at radius 2 is 2.06 bits per heavy atom. The second-order valence-corrected chi connectivity index (χ2v) is 3.35. The van der Waals surface area contributed by atoms with Crippen LogP contribution in [0.5, 0.6) is 0 Å². The summed E-state index contributed by atoms with van der Waals surface area (Å²) in [7, 11) is 1.15. The fraction of sp³-hybridized carbons (Fsp3) is 0.273. The Labute approximate surface area is 92.2 Å². The summed E-state index contributed by atoms with van der Waals surface area (Å²) < 4.78 is 18.0. The van der Waals surface area contributed by atoms with Gasteiger partial charge < -0.3 is 10.5 Å². The molecule has 1 aromatic rings. The summed E-state index contributed by atoms with van der Waals surface area (Å²) in [5.41, 5.74) is 5.58. The van der Waals surface area contributed by atoms with Crippen LogP contribution in [-0.4, -0.2) is 18.9 Å². The van der Waals surface area contributed by atoms with Gasteiger partial charge in [0.1, 0.15) is 17.5 Å². The fourth-order valence-corrected chi connectivity index (χ4v) is 1.41. The minimum absolute atomic E-state index is 0.0199. The van der Waals surface area contributed by atoms with Crippen LogP contribution >= 0.6 is 0 Å². The highest BCUT2D eigenvalue weighted by molar-refractivity contribution is 6.03. The van der Waals surface area contributed by atoms with E-state index < -0.39 is 23.5 Å². The van der Waals surface area contributed by atoms with Gasteiger partial charge in [0.25, 0.3) is 0 Å². The molecule has 0 aromatic heterocycles. The average molecular weight is 225 g/mol. The number of ketones is 1. The van der Waals surface area contributed by atoms with Crippen LogP contribution in [-0.2, 0) is 14.3 Å². The van der Waals surface area contributed by atoms with Gasteiger partial charge in [0, 0.05) is 11.3 Å². The number of hydrogen-bond donors (Lipinski definition) is 1. The van der Waals surface area contributed by atoms with E-state index in [-0.39, 0.29) is 11.3 Å². The normalized spacial score (nSPS) is 11.9. The number of carbonyl (C=O) groups excluding carboxylic acids is 2. The van der Waals surface area contributed by atoms with Gasteiger partial charge in [0.05, 0.1) is 7.11 Å². The van der Waals surface area contributed by atoms with E-state index in [2.05, 4.69) is 4.74 Å². The molecule has 0 heterocycles. The number of ether oxygens (including phenoxy) is 1. The second-order valence-electron chi connectivity index (χ2n) is 3.35. The van der Waals surface area contributed by atoms with Gasteiger partial charge in [-0.1, -0.05) is 6.07 Å². The number of nitrogen functional groups attached to an aromatic ring is 1. The fourth-order valence-electron chi connectivity index (χ4n) is 1.41. The zero-order chi connectivity index (χ0) is 12.3. The molecule has 1 aromatic carbocycles. The highest BCUT2D eigenvalue weighted by atomic mass is 19.1. The minimum Gasteiger partial charge on any atom is -0.468 e. The molecule has 0 fully saturated rings. The summed E-state index contributed by atoms with van der Waals surface area (Å²) >= 11 is 0. The van der Waals surface area contributed by atoms with Crippen molar-refractivity contribution in [3.05, 3.63) is 29.6 Å². The van der Waals surface area contributed by atoms with E-state index >= 15 is 0 Å². The summed E-state index contributed by atoms with van der Waals surface area (Å²) in [4.78, 5) is 22.6. The molecule has 4 nitrogen and oxygen atoms in total. The number of anilines is 1. The predicted octanol–water partition coefficient (Wildman–Crippen LogP) is 1.25. The van der Waals surface area contributed by atoms with Crippen LogP contribution in [0.3, 0.4) is 0 Å². The van der Waals surface area contributed by atoms with Crippen molar-refractivity contribution in [2.75, 3.05) is 12.8 Å². The molecule has 86 valence electrons. The molecule has 0 radical (unpaired) electrons. The van der Waals surface area contributed by atoms with Crippen LogP contribution in [0.4, 0.5) is 10.1 Å². The minimum atomic E-state index is -1.23. The summed E-state index contributed by atoms with van der Waals surface area (Å²) in [5.74, 6) is -3.18. The Hall–Kier alpha value is -1.91. The molecule has 1 atom stereocenters. The molecule has 2 N–H and O–H groups in total. The van der Waals surface area contributed by atoms with Crippen molar-refractivity contribution in [2.45, 2.75) is 12.8 Å². The van der Waals surface area contributed by atoms with Crippen LogP contribution in [0.1, 0.15) is 18.4 Å². The third kappa shape index (κ3) is 2.36. The maximum absolute atomic E-state index is 13.5. The standard InChI is InChI=1S/C11H12FNO3/c1-6(14)10(11(15)16-2)8-4-3-7(13)5-9(8)12/h3-5,10H,13H2,1-2H3. The predicted molar refractivity (Wildman–Crippen MR) is 56.3 cm³/mol. The van der Waals surface area contributed by atoms with Crippen molar-refractivity contribution in [1.29, 1.82) is 0 Å². The Balaban J connectivity index is 3.21. The van der Waals surface area contributed by atoms with Gasteiger partial charge in [-0.3, -0.25) is 9.59 Å². The number of halogens is 1. The van der Waals surface area contributed by atoms with Gasteiger partial charge >= 0.3 is 5.97 Å². The third-order valence-corrected chi connectivity index (χ3v) is 2.18. The number of hydrogen-bond acceptors (Lipinski definition) is 4. The zero-order valence-corrected chi connectivity index (χ0v) is 8.99. The largest absolute Gasteiger partial charge is 0.468 e. The van der Waals surface area contributed by atoms with E-state index in [9.17, 15) is 14.0 Å². The SMILES string of the molecule is COC(=O)C(C(C)=O)c1ccc(N)cc1F. The first-order valence-corrected chi connectivity index (χ1v) is 4.60. The number of methoxy groups -OCH3 is 1. The van der Waals surface area contributed by atoms with E-state index in [1.165, 1.54) is 19.1 Å². The molecule has 0 bridgehead atoms. The summed E-state index contributed by atoms with van der Waals surface area (Å²) in [5, 5.41) is 0. The lowest BCUT2D eigenvalue weighted by Crippen LogP contribution is -2.22. The second kappa shape index (κ2) is 4.74. The van der Waals surface area contributed by atoms with Crippen molar-refractivity contribution in [1.82, 2.24) is 0 Å². The lowest BCUT2D eigenvalue weighted by molar-refractivity contribution is -0.145. The van der Waals surface area contributed by atoms with Crippen LogP contribution < -0.4 is 5.73 Å². The number of benzene rings is 1. The Kier molecular flexibility index (Phi) is 3.60. The van der Waals surface area contributed by atoms with E-state index in [0.29, 0.717) is 0 Å². The third-order valence-electron chi connectivity index (χ3n) is 2.18. The maximum atomic E-state index is 13.5. The monoisotopic (exact) mass is 225 g/mol. The number of Topliss-reactive ketones (excluding diaryl/α,β-unsaturated/α-hetero) is 1. The van der Waals surface area contributed by atoms with Crippen LogP contribution in [0.25, 0.3) is 0 Å². The quantitative estimate of drug-likeness (QED) is 0.477. The highest BCUT2D eigenvalue weighted by Crippen LogP contribution is 2.23. The lowest BCUT2D eigenvalue weighted by atomic mass is 9.95. The number of esters is 1. The first-order valence-electron chi connectivity index (χ1n) is 4.60. The molecule has 0 saturated heterocycles. The van der Waals surface area contributed by atoms with Gasteiger partial charge in [0.2, 0.25) is 0 Å². The molecule has 0 aliphatic heterocycles. The Morgan fingerprint density at radius 1 is 1.44 bits per heavy atom. The van der Waals surface area contributed by atoms with Crippen molar-refractivity contribution in [3.63, 3.8) is 0 Å². The van der Waals surface area contributed by atoms with E-state index in [4.69, 9.17) is 5.73 Å². The number of nitrogens with two attached hydrogens (primary N) is 1. The lowest BCUT2D eigenvalue weighted by Gasteiger charge is -2.12. The van der Waals surface area contributed by atoms with Crippen LogP contribution in [0.2, 0.25) is 0 Å². The molecule has 5 heteroatoms. The number of carbonyl (C=O) groups is 2. The highest BCUT2D eigenvalue weighted by Gasteiger charge is 2.28. The topological polar surface area (TPSA) is 69.4 Å². The first-order chi connectivity index (χ1) is 7.47. The van der Waals surface area contributed by atoms with Crippen LogP contribution in [0, 0.1) is 5.82 Å². The van der Waals surface area contributed by atoms with E-state index in [1.54, 1.807) is 0 Å². The summed E-state index contributed by atoms with van der Waals surface area (Å²) in [6, 6.07) is 3.80. The van der Waals surface area contributed by atoms with Crippen molar-refractivity contribution in [2.24, 2.45) is 0 Å². The number of rotatable bonds is 3. The molecule has 16 heavy (non-hydrogen) atoms. The molecule has 0 aliphatic carbocycles. The molecule has 0 saturated carbocycles. The molecular formula is C11H12FNO3. The van der Waals surface area contributed by atoms with E-state index in [1.807, 2.05) is 0 Å². The van der Waals surface area contributed by atoms with Gasteiger partial charge in [0.15, 0.2) is 0 Å². The molecule has 1 rings (SSSR count). The van der Waals surface area contributed by atoms with Gasteiger partial charge in [-0.25, -0.2) is 4.39 Å². The molecule has 0 spiro atoms. The van der Waals surface area contributed by atoms with Crippen molar-refractivity contribution in [3.8, 4) is 0 Å². The van der Waals surface area contributed by atoms with Gasteiger partial charge in [-0.2, -0.15) is 0 Å². The van der Waals surface area contributed by atoms with E-state index in [0.717, 1.165) is 13.2 Å². The zero-order valence-electron chi connectivity index (χ0n) is 8.99. The Morgan fingerprint density at radius 3 is 2.50 bits per heavy atom. The summed E-state index contributed by atoms with van der Waals surface area (Å²) in [6.07, 6.45) is 0.